The number of alkyl carbamates (subject to hydrolysis) is 1. The summed E-state index contributed by atoms with van der Waals surface area (Å²) in [6.45, 7) is 6.00. The predicted octanol–water partition coefficient (Wildman–Crippen LogP) is 0.875. The molecule has 0 saturated heterocycles. The van der Waals surface area contributed by atoms with Gasteiger partial charge in [-0.3, -0.25) is 9.59 Å². The van der Waals surface area contributed by atoms with Crippen LogP contribution in [0.4, 0.5) is 4.79 Å². The normalized spacial score (nSPS) is 11.7. The van der Waals surface area contributed by atoms with Crippen molar-refractivity contribution in [2.45, 2.75) is 45.9 Å². The summed E-state index contributed by atoms with van der Waals surface area (Å²) in [5.41, 5.74) is 0.158. The van der Waals surface area contributed by atoms with Crippen molar-refractivity contribution >= 4 is 23.9 Å². The largest absolute Gasteiger partial charge is 0.459 e. The van der Waals surface area contributed by atoms with Crippen molar-refractivity contribution in [3.8, 4) is 0 Å². The first-order valence-corrected chi connectivity index (χ1v) is 8.80. The van der Waals surface area contributed by atoms with Gasteiger partial charge in [0.15, 0.2) is 0 Å². The number of hydrogen-bond donors (Lipinski definition) is 3. The molecule has 28 heavy (non-hydrogen) atoms. The van der Waals surface area contributed by atoms with Crippen molar-refractivity contribution in [1.82, 2.24) is 16.0 Å². The highest BCUT2D eigenvalue weighted by Crippen LogP contribution is 2.06. The molecule has 0 bridgehead atoms. The van der Waals surface area contributed by atoms with Crippen molar-refractivity contribution in [2.24, 2.45) is 0 Å². The number of carbonyl (C=O) groups is 4. The van der Waals surface area contributed by atoms with E-state index < -0.39 is 35.5 Å². The maximum absolute atomic E-state index is 11.9. The fourth-order valence-corrected chi connectivity index (χ4v) is 1.91. The van der Waals surface area contributed by atoms with Gasteiger partial charge in [-0.15, -0.1) is 0 Å². The van der Waals surface area contributed by atoms with Crippen LogP contribution in [0.3, 0.4) is 0 Å². The Kier molecular flexibility index (Phi) is 8.94. The van der Waals surface area contributed by atoms with Gasteiger partial charge < -0.3 is 25.4 Å². The lowest BCUT2D eigenvalue weighted by Gasteiger charge is -2.19. The van der Waals surface area contributed by atoms with Gasteiger partial charge in [0.1, 0.15) is 24.8 Å². The molecule has 0 saturated carbocycles. The quantitative estimate of drug-likeness (QED) is 0.564. The highest BCUT2D eigenvalue weighted by Gasteiger charge is 2.19. The highest BCUT2D eigenvalue weighted by molar-refractivity contribution is 5.89. The van der Waals surface area contributed by atoms with Gasteiger partial charge in [-0.05, 0) is 33.3 Å². The molecule has 0 fully saturated rings. The first kappa shape index (κ1) is 22.9. The standard InChI is InChI=1S/C19H27N3O6/c1-13(17(25)27-12-14-8-6-5-7-9-14)22-16(24)11-20-15(23)10-21-18(26)28-19(2,3)4/h5-9,13H,10-12H2,1-4H3,(H,20,23)(H,21,26)(H,22,24)/t13-/m0/s1. The molecule has 1 atom stereocenters. The van der Waals surface area contributed by atoms with Crippen LogP contribution in [-0.2, 0) is 30.5 Å². The van der Waals surface area contributed by atoms with Crippen LogP contribution < -0.4 is 16.0 Å². The van der Waals surface area contributed by atoms with E-state index >= 15 is 0 Å². The number of rotatable bonds is 8. The SMILES string of the molecule is C[C@H](NC(=O)CNC(=O)CNC(=O)OC(C)(C)C)C(=O)OCc1ccccc1. The van der Waals surface area contributed by atoms with E-state index in [1.165, 1.54) is 6.92 Å². The molecule has 3 N–H and O–H groups in total. The van der Waals surface area contributed by atoms with Crippen LogP contribution in [-0.4, -0.2) is 48.6 Å². The van der Waals surface area contributed by atoms with Gasteiger partial charge >= 0.3 is 12.1 Å². The second kappa shape index (κ2) is 10.9. The highest BCUT2D eigenvalue weighted by atomic mass is 16.6. The molecule has 1 aromatic rings. The fourth-order valence-electron chi connectivity index (χ4n) is 1.91. The monoisotopic (exact) mass is 393 g/mol. The van der Waals surface area contributed by atoms with Gasteiger partial charge in [0.05, 0.1) is 6.54 Å². The summed E-state index contributed by atoms with van der Waals surface area (Å²) in [6.07, 6.45) is -0.734. The lowest BCUT2D eigenvalue weighted by molar-refractivity contribution is -0.148. The summed E-state index contributed by atoms with van der Waals surface area (Å²) >= 11 is 0. The van der Waals surface area contributed by atoms with E-state index in [2.05, 4.69) is 16.0 Å². The van der Waals surface area contributed by atoms with Crippen LogP contribution >= 0.6 is 0 Å². The fraction of sp³-hybridized carbons (Fsp3) is 0.474. The average molecular weight is 393 g/mol. The molecule has 1 aromatic carbocycles. The van der Waals surface area contributed by atoms with E-state index in [-0.39, 0.29) is 19.7 Å². The van der Waals surface area contributed by atoms with Gasteiger partial charge in [0.2, 0.25) is 11.8 Å². The molecule has 0 unspecified atom stereocenters. The van der Waals surface area contributed by atoms with Crippen LogP contribution in [0.5, 0.6) is 0 Å². The summed E-state index contributed by atoms with van der Waals surface area (Å²) < 4.78 is 10.1. The van der Waals surface area contributed by atoms with Gasteiger partial charge in [-0.25, -0.2) is 9.59 Å². The molecule has 9 nitrogen and oxygen atoms in total. The number of nitrogens with one attached hydrogen (secondary N) is 3. The summed E-state index contributed by atoms with van der Waals surface area (Å²) in [5, 5.41) is 7.03. The first-order chi connectivity index (χ1) is 13.1. The number of hydrogen-bond acceptors (Lipinski definition) is 6. The van der Waals surface area contributed by atoms with Crippen LogP contribution in [0.15, 0.2) is 30.3 Å². The molecule has 3 amide bonds. The maximum atomic E-state index is 11.9. The number of ether oxygens (including phenoxy) is 2. The minimum Gasteiger partial charge on any atom is -0.459 e. The minimum absolute atomic E-state index is 0.104. The van der Waals surface area contributed by atoms with E-state index in [0.717, 1.165) is 5.56 Å². The maximum Gasteiger partial charge on any atom is 0.408 e. The van der Waals surface area contributed by atoms with E-state index in [9.17, 15) is 19.2 Å². The molecule has 0 heterocycles. The molecular weight excluding hydrogens is 366 g/mol. The van der Waals surface area contributed by atoms with E-state index in [0.29, 0.717) is 0 Å². The molecule has 9 heteroatoms. The lowest BCUT2D eigenvalue weighted by atomic mass is 10.2. The van der Waals surface area contributed by atoms with Gasteiger partial charge in [0, 0.05) is 0 Å². The van der Waals surface area contributed by atoms with Crippen LogP contribution in [0.2, 0.25) is 0 Å². The second-order valence-electron chi connectivity index (χ2n) is 7.01. The third-order valence-corrected chi connectivity index (χ3v) is 3.19. The number of amides is 3. The van der Waals surface area contributed by atoms with Crippen molar-refractivity contribution in [3.05, 3.63) is 35.9 Å². The predicted molar refractivity (Wildman–Crippen MR) is 101 cm³/mol. The van der Waals surface area contributed by atoms with Crippen molar-refractivity contribution in [2.75, 3.05) is 13.1 Å². The van der Waals surface area contributed by atoms with Gasteiger partial charge in [0.25, 0.3) is 0 Å². The molecule has 0 aliphatic carbocycles. The van der Waals surface area contributed by atoms with Crippen molar-refractivity contribution in [1.29, 1.82) is 0 Å². The number of esters is 1. The molecule has 1 rings (SSSR count). The Morgan fingerprint density at radius 1 is 0.964 bits per heavy atom. The summed E-state index contributed by atoms with van der Waals surface area (Å²) in [5.74, 6) is -1.72. The Bertz CT molecular complexity index is 685. The Labute approximate surface area is 164 Å². The lowest BCUT2D eigenvalue weighted by Crippen LogP contribution is -2.46. The summed E-state index contributed by atoms with van der Waals surface area (Å²) in [7, 11) is 0. The Balaban J connectivity index is 2.24. The van der Waals surface area contributed by atoms with Crippen LogP contribution in [0, 0.1) is 0 Å². The molecule has 0 aliphatic rings. The zero-order chi connectivity index (χ0) is 21.2. The van der Waals surface area contributed by atoms with Gasteiger partial charge in [-0.1, -0.05) is 30.3 Å². The zero-order valence-electron chi connectivity index (χ0n) is 16.5. The number of carbonyl (C=O) groups excluding carboxylic acids is 4. The molecule has 0 radical (unpaired) electrons. The smallest absolute Gasteiger partial charge is 0.408 e. The van der Waals surface area contributed by atoms with E-state index in [4.69, 9.17) is 9.47 Å². The van der Waals surface area contributed by atoms with Gasteiger partial charge in [-0.2, -0.15) is 0 Å². The molecule has 154 valence electrons. The Hall–Kier alpha value is -3.10. The Morgan fingerprint density at radius 2 is 1.57 bits per heavy atom. The van der Waals surface area contributed by atoms with E-state index in [1.807, 2.05) is 30.3 Å². The molecule has 0 aromatic heterocycles. The number of benzene rings is 1. The summed E-state index contributed by atoms with van der Waals surface area (Å²) in [6, 6.07) is 8.27. The Morgan fingerprint density at radius 3 is 2.18 bits per heavy atom. The van der Waals surface area contributed by atoms with Crippen LogP contribution in [0.25, 0.3) is 0 Å². The topological polar surface area (TPSA) is 123 Å². The minimum atomic E-state index is -0.868. The molecule has 0 spiro atoms. The van der Waals surface area contributed by atoms with Crippen LogP contribution in [0.1, 0.15) is 33.3 Å². The van der Waals surface area contributed by atoms with E-state index in [1.54, 1.807) is 20.8 Å². The van der Waals surface area contributed by atoms with Crippen molar-refractivity contribution < 1.29 is 28.7 Å². The third kappa shape index (κ3) is 10.1. The summed E-state index contributed by atoms with van der Waals surface area (Å²) in [4.78, 5) is 46.8. The second-order valence-corrected chi connectivity index (χ2v) is 7.01. The molecule has 0 aliphatic heterocycles. The zero-order valence-corrected chi connectivity index (χ0v) is 16.5. The van der Waals surface area contributed by atoms with Crippen molar-refractivity contribution in [3.63, 3.8) is 0 Å². The average Bonchev–Trinajstić information content (AvgIpc) is 2.62. The first-order valence-electron chi connectivity index (χ1n) is 8.80. The third-order valence-electron chi connectivity index (χ3n) is 3.19. The molecular formula is C19H27N3O6.